The van der Waals surface area contributed by atoms with E-state index in [-0.39, 0.29) is 5.92 Å². The van der Waals surface area contributed by atoms with E-state index in [9.17, 15) is 24.0 Å². The average Bonchev–Trinajstić information content (AvgIpc) is 3.25. The number of nitrogens with zero attached hydrogens (tertiary/aromatic N) is 1. The molecule has 186 valence electrons. The Morgan fingerprint density at radius 2 is 1.79 bits per heavy atom. The van der Waals surface area contributed by atoms with Crippen LogP contribution in [0.1, 0.15) is 54.6 Å². The number of hydrogen-bond donors (Lipinski definition) is 3. The van der Waals surface area contributed by atoms with E-state index >= 15 is 0 Å². The molecule has 0 saturated carbocycles. The highest BCUT2D eigenvalue weighted by Crippen LogP contribution is 2.25. The Kier molecular flexibility index (Phi) is 9.17. The zero-order chi connectivity index (χ0) is 25.6. The number of rotatable bonds is 10. The second kappa shape index (κ2) is 11.6. The van der Waals surface area contributed by atoms with Crippen molar-refractivity contribution in [2.75, 3.05) is 13.7 Å². The fraction of sp³-hybridized carbons (Fsp3) is 0.542. The first kappa shape index (κ1) is 26.8. The topological polar surface area (TPSA) is 142 Å². The molecule has 0 radical (unpaired) electrons. The Hall–Kier alpha value is -3.43. The van der Waals surface area contributed by atoms with Crippen LogP contribution < -0.4 is 15.4 Å². The molecule has 1 saturated heterocycles. The molecule has 0 bridgehead atoms. The number of nitrogens with one attached hydrogen (secondary N) is 2. The maximum absolute atomic E-state index is 13.4. The van der Waals surface area contributed by atoms with Crippen molar-refractivity contribution in [3.05, 3.63) is 28.8 Å². The van der Waals surface area contributed by atoms with Crippen LogP contribution in [-0.4, -0.2) is 71.8 Å². The van der Waals surface area contributed by atoms with E-state index in [2.05, 4.69) is 10.6 Å². The SMILES string of the molecule is COc1c(C)cc(C(=O)N[C@H](C(=O)N2CCC[C@H]2C(=O)N[C@H](C=O)CC(=O)O)C(C)C)cc1C. The molecular weight excluding hydrogens is 442 g/mol. The van der Waals surface area contributed by atoms with Crippen molar-refractivity contribution in [2.45, 2.75) is 65.1 Å². The summed E-state index contributed by atoms with van der Waals surface area (Å²) in [4.78, 5) is 62.5. The zero-order valence-corrected chi connectivity index (χ0v) is 20.2. The molecule has 0 aromatic heterocycles. The molecule has 10 heteroatoms. The number of aliphatic carboxylic acids is 1. The van der Waals surface area contributed by atoms with Crippen LogP contribution in [0.3, 0.4) is 0 Å². The van der Waals surface area contributed by atoms with Gasteiger partial charge in [0.15, 0.2) is 0 Å². The van der Waals surface area contributed by atoms with Crippen LogP contribution in [0.2, 0.25) is 0 Å². The summed E-state index contributed by atoms with van der Waals surface area (Å²) in [6.45, 7) is 7.58. The molecule has 34 heavy (non-hydrogen) atoms. The number of carbonyl (C=O) groups is 5. The van der Waals surface area contributed by atoms with Gasteiger partial charge in [0, 0.05) is 12.1 Å². The summed E-state index contributed by atoms with van der Waals surface area (Å²) in [7, 11) is 1.56. The second-order valence-electron chi connectivity index (χ2n) is 8.88. The van der Waals surface area contributed by atoms with Crippen molar-refractivity contribution in [1.29, 1.82) is 0 Å². The third kappa shape index (κ3) is 6.33. The monoisotopic (exact) mass is 475 g/mol. The molecule has 1 aromatic rings. The molecule has 3 N–H and O–H groups in total. The zero-order valence-electron chi connectivity index (χ0n) is 20.2. The van der Waals surface area contributed by atoms with Gasteiger partial charge in [0.1, 0.15) is 24.1 Å². The van der Waals surface area contributed by atoms with E-state index in [1.807, 2.05) is 13.8 Å². The minimum Gasteiger partial charge on any atom is -0.496 e. The first-order valence-electron chi connectivity index (χ1n) is 11.2. The molecule has 0 unspecified atom stereocenters. The van der Waals surface area contributed by atoms with Crippen molar-refractivity contribution in [1.82, 2.24) is 15.5 Å². The van der Waals surface area contributed by atoms with Crippen LogP contribution in [0.15, 0.2) is 12.1 Å². The van der Waals surface area contributed by atoms with Gasteiger partial charge in [0.05, 0.1) is 19.6 Å². The van der Waals surface area contributed by atoms with Crippen molar-refractivity contribution in [2.24, 2.45) is 5.92 Å². The smallest absolute Gasteiger partial charge is 0.305 e. The number of amides is 3. The molecule has 1 aromatic carbocycles. The third-order valence-corrected chi connectivity index (χ3v) is 5.87. The van der Waals surface area contributed by atoms with Crippen LogP contribution in [0.4, 0.5) is 0 Å². The highest BCUT2D eigenvalue weighted by Gasteiger charge is 2.39. The van der Waals surface area contributed by atoms with E-state index in [0.29, 0.717) is 37.0 Å². The molecule has 3 atom stereocenters. The maximum atomic E-state index is 13.4. The summed E-state index contributed by atoms with van der Waals surface area (Å²) in [6.07, 6.45) is 0.778. The van der Waals surface area contributed by atoms with Gasteiger partial charge in [0.25, 0.3) is 5.91 Å². The summed E-state index contributed by atoms with van der Waals surface area (Å²) < 4.78 is 5.34. The molecule has 10 nitrogen and oxygen atoms in total. The highest BCUT2D eigenvalue weighted by molar-refractivity contribution is 5.99. The number of benzene rings is 1. The average molecular weight is 476 g/mol. The molecule has 0 aliphatic carbocycles. The van der Waals surface area contributed by atoms with E-state index < -0.39 is 48.2 Å². The largest absolute Gasteiger partial charge is 0.496 e. The predicted octanol–water partition coefficient (Wildman–Crippen LogP) is 1.22. The standard InChI is InChI=1S/C24H33N3O7/c1-13(2)20(26-22(31)16-9-14(3)21(34-5)15(4)10-16)24(33)27-8-6-7-18(27)23(32)25-17(12-28)11-19(29)30/h9-10,12-13,17-18,20H,6-8,11H2,1-5H3,(H,25,32)(H,26,31)(H,29,30)/t17-,18-,20-/m0/s1. The lowest BCUT2D eigenvalue weighted by Crippen LogP contribution is -2.56. The Balaban J connectivity index is 2.18. The first-order valence-corrected chi connectivity index (χ1v) is 11.2. The molecule has 1 aliphatic heterocycles. The number of carboxylic acids is 1. The lowest BCUT2D eigenvalue weighted by molar-refractivity contribution is -0.142. The van der Waals surface area contributed by atoms with E-state index in [4.69, 9.17) is 9.84 Å². The van der Waals surface area contributed by atoms with Crippen molar-refractivity contribution >= 4 is 30.0 Å². The Morgan fingerprint density at radius 3 is 2.29 bits per heavy atom. The molecular formula is C24H33N3O7. The number of hydrogen-bond acceptors (Lipinski definition) is 6. The molecule has 1 aliphatic rings. The van der Waals surface area contributed by atoms with Gasteiger partial charge < -0.3 is 30.2 Å². The van der Waals surface area contributed by atoms with Crippen LogP contribution in [0.25, 0.3) is 0 Å². The molecule has 2 rings (SSSR count). The van der Waals surface area contributed by atoms with Gasteiger partial charge in [0.2, 0.25) is 11.8 Å². The van der Waals surface area contributed by atoms with E-state index in [0.717, 1.165) is 11.1 Å². The highest BCUT2D eigenvalue weighted by atomic mass is 16.5. The predicted molar refractivity (Wildman–Crippen MR) is 124 cm³/mol. The number of likely N-dealkylation sites (tertiary alicyclic amines) is 1. The van der Waals surface area contributed by atoms with Crippen molar-refractivity contribution in [3.63, 3.8) is 0 Å². The minimum absolute atomic E-state index is 0.254. The lowest BCUT2D eigenvalue weighted by Gasteiger charge is -2.31. The number of ether oxygens (including phenoxy) is 1. The number of methoxy groups -OCH3 is 1. The van der Waals surface area contributed by atoms with Gasteiger partial charge in [-0.2, -0.15) is 0 Å². The van der Waals surface area contributed by atoms with Crippen molar-refractivity contribution < 1.29 is 33.8 Å². The van der Waals surface area contributed by atoms with Crippen LogP contribution in [-0.2, 0) is 19.2 Å². The Labute approximate surface area is 199 Å². The number of aldehydes is 1. The summed E-state index contributed by atoms with van der Waals surface area (Å²) >= 11 is 0. The fourth-order valence-corrected chi connectivity index (χ4v) is 4.22. The molecule has 1 fully saturated rings. The van der Waals surface area contributed by atoms with Crippen molar-refractivity contribution in [3.8, 4) is 5.75 Å². The Bertz CT molecular complexity index is 937. The number of carboxylic acid groups (broad SMARTS) is 1. The molecule has 1 heterocycles. The second-order valence-corrected chi connectivity index (χ2v) is 8.88. The van der Waals surface area contributed by atoms with Gasteiger partial charge in [-0.25, -0.2) is 0 Å². The van der Waals surface area contributed by atoms with Crippen LogP contribution in [0, 0.1) is 19.8 Å². The van der Waals surface area contributed by atoms with Gasteiger partial charge >= 0.3 is 5.97 Å². The van der Waals surface area contributed by atoms with E-state index in [1.165, 1.54) is 4.90 Å². The summed E-state index contributed by atoms with van der Waals surface area (Å²) in [5.74, 6) is -2.18. The van der Waals surface area contributed by atoms with Crippen LogP contribution in [0.5, 0.6) is 5.75 Å². The molecule has 0 spiro atoms. The fourth-order valence-electron chi connectivity index (χ4n) is 4.22. The first-order chi connectivity index (χ1) is 16.0. The Morgan fingerprint density at radius 1 is 1.18 bits per heavy atom. The van der Waals surface area contributed by atoms with Gasteiger partial charge in [-0.05, 0) is 55.9 Å². The quantitative estimate of drug-likeness (QED) is 0.432. The van der Waals surface area contributed by atoms with Gasteiger partial charge in [-0.1, -0.05) is 13.8 Å². The normalized spacial score (nSPS) is 17.1. The summed E-state index contributed by atoms with van der Waals surface area (Å²) in [5, 5.41) is 14.1. The van der Waals surface area contributed by atoms with Crippen LogP contribution >= 0.6 is 0 Å². The summed E-state index contributed by atoms with van der Waals surface area (Å²) in [6, 6.07) is 0.496. The van der Waals surface area contributed by atoms with E-state index in [1.54, 1.807) is 33.1 Å². The van der Waals surface area contributed by atoms with Gasteiger partial charge in [-0.3, -0.25) is 19.2 Å². The third-order valence-electron chi connectivity index (χ3n) is 5.87. The number of carbonyl (C=O) groups excluding carboxylic acids is 4. The lowest BCUT2D eigenvalue weighted by atomic mass is 10.00. The minimum atomic E-state index is -1.22. The summed E-state index contributed by atoms with van der Waals surface area (Å²) in [5.41, 5.74) is 1.98. The maximum Gasteiger partial charge on any atom is 0.305 e. The van der Waals surface area contributed by atoms with Gasteiger partial charge in [-0.15, -0.1) is 0 Å². The molecule has 3 amide bonds. The number of aryl methyl sites for hydroxylation is 2.